The number of benzene rings is 2. The van der Waals surface area contributed by atoms with Crippen LogP contribution in [0.15, 0.2) is 47.1 Å². The standard InChI is InChI=1S/C21H20BrFO3/c1-21(2,3)26-20(24)18-16(5-4-6-17(18)23)19-15-8-7-13(9-10-22)11-14(15)12-25-19/h4-8,11-12H,9-10H2,1-3H3. The normalized spacial score (nSPS) is 11.7. The summed E-state index contributed by atoms with van der Waals surface area (Å²) in [5, 5.41) is 2.62. The Hall–Kier alpha value is -2.14. The van der Waals surface area contributed by atoms with E-state index in [9.17, 15) is 9.18 Å². The van der Waals surface area contributed by atoms with Gasteiger partial charge in [-0.05, 0) is 44.9 Å². The summed E-state index contributed by atoms with van der Waals surface area (Å²) in [7, 11) is 0. The van der Waals surface area contributed by atoms with E-state index in [4.69, 9.17) is 9.15 Å². The van der Waals surface area contributed by atoms with Crippen molar-refractivity contribution in [2.24, 2.45) is 0 Å². The molecular weight excluding hydrogens is 399 g/mol. The summed E-state index contributed by atoms with van der Waals surface area (Å²) in [6, 6.07) is 10.5. The maximum absolute atomic E-state index is 14.5. The molecule has 26 heavy (non-hydrogen) atoms. The number of hydrogen-bond acceptors (Lipinski definition) is 3. The van der Waals surface area contributed by atoms with E-state index in [0.717, 1.165) is 22.5 Å². The van der Waals surface area contributed by atoms with Gasteiger partial charge in [-0.1, -0.05) is 40.2 Å². The lowest BCUT2D eigenvalue weighted by molar-refractivity contribution is 0.00655. The monoisotopic (exact) mass is 418 g/mol. The highest BCUT2D eigenvalue weighted by Crippen LogP contribution is 2.35. The second-order valence-corrected chi connectivity index (χ2v) is 7.88. The summed E-state index contributed by atoms with van der Waals surface area (Å²) in [4.78, 5) is 12.6. The molecule has 0 atom stereocenters. The van der Waals surface area contributed by atoms with E-state index >= 15 is 0 Å². The lowest BCUT2D eigenvalue weighted by Crippen LogP contribution is -2.25. The first-order chi connectivity index (χ1) is 12.3. The van der Waals surface area contributed by atoms with Gasteiger partial charge in [0.15, 0.2) is 0 Å². The molecule has 0 amide bonds. The van der Waals surface area contributed by atoms with Crippen LogP contribution in [-0.4, -0.2) is 16.9 Å². The van der Waals surface area contributed by atoms with Crippen LogP contribution in [0.1, 0.15) is 36.7 Å². The Bertz CT molecular complexity index is 954. The van der Waals surface area contributed by atoms with Gasteiger partial charge < -0.3 is 9.15 Å². The van der Waals surface area contributed by atoms with Crippen LogP contribution in [0.2, 0.25) is 0 Å². The number of hydrogen-bond donors (Lipinski definition) is 0. The van der Waals surface area contributed by atoms with Crippen molar-refractivity contribution in [3.8, 4) is 11.3 Å². The van der Waals surface area contributed by atoms with Crippen molar-refractivity contribution in [1.82, 2.24) is 0 Å². The van der Waals surface area contributed by atoms with E-state index in [-0.39, 0.29) is 5.56 Å². The molecule has 0 aliphatic rings. The summed E-state index contributed by atoms with van der Waals surface area (Å²) in [6.45, 7) is 5.25. The summed E-state index contributed by atoms with van der Waals surface area (Å²) < 4.78 is 25.6. The van der Waals surface area contributed by atoms with Crippen LogP contribution in [0.4, 0.5) is 4.39 Å². The fourth-order valence-electron chi connectivity index (χ4n) is 2.83. The van der Waals surface area contributed by atoms with Crippen molar-refractivity contribution in [2.45, 2.75) is 32.8 Å². The molecular formula is C21H20BrFO3. The number of ether oxygens (including phenoxy) is 1. The summed E-state index contributed by atoms with van der Waals surface area (Å²) in [5.41, 5.74) is 0.742. The first-order valence-electron chi connectivity index (χ1n) is 8.38. The molecule has 0 saturated heterocycles. The first kappa shape index (κ1) is 18.6. The van der Waals surface area contributed by atoms with Gasteiger partial charge in [-0.15, -0.1) is 0 Å². The lowest BCUT2D eigenvalue weighted by atomic mass is 10.00. The summed E-state index contributed by atoms with van der Waals surface area (Å²) in [5.74, 6) is -0.867. The fourth-order valence-corrected chi connectivity index (χ4v) is 3.28. The molecule has 1 aromatic heterocycles. The Morgan fingerprint density at radius 3 is 2.69 bits per heavy atom. The molecule has 0 radical (unpaired) electrons. The van der Waals surface area contributed by atoms with E-state index in [1.165, 1.54) is 11.6 Å². The largest absolute Gasteiger partial charge is 0.463 e. The predicted octanol–water partition coefficient (Wildman–Crippen LogP) is 6.13. The van der Waals surface area contributed by atoms with Gasteiger partial charge in [0.1, 0.15) is 22.7 Å². The van der Waals surface area contributed by atoms with Crippen molar-refractivity contribution < 1.29 is 18.3 Å². The lowest BCUT2D eigenvalue weighted by Gasteiger charge is -2.20. The molecule has 0 spiro atoms. The van der Waals surface area contributed by atoms with Crippen LogP contribution in [0.5, 0.6) is 0 Å². The van der Waals surface area contributed by atoms with Crippen molar-refractivity contribution in [3.05, 3.63) is 59.6 Å². The van der Waals surface area contributed by atoms with Gasteiger partial charge in [0.2, 0.25) is 0 Å². The number of fused-ring (bicyclic) bond motifs is 1. The zero-order chi connectivity index (χ0) is 18.9. The quantitative estimate of drug-likeness (QED) is 0.377. The highest BCUT2D eigenvalue weighted by atomic mass is 79.9. The number of rotatable bonds is 4. The first-order valence-corrected chi connectivity index (χ1v) is 9.50. The Morgan fingerprint density at radius 1 is 1.23 bits per heavy atom. The van der Waals surface area contributed by atoms with Gasteiger partial charge in [-0.25, -0.2) is 9.18 Å². The Morgan fingerprint density at radius 2 is 2.00 bits per heavy atom. The van der Waals surface area contributed by atoms with Crippen LogP contribution < -0.4 is 0 Å². The number of esters is 1. The number of carbonyl (C=O) groups excluding carboxylic acids is 1. The third-order valence-electron chi connectivity index (χ3n) is 3.91. The molecule has 1 heterocycles. The third-order valence-corrected chi connectivity index (χ3v) is 4.31. The molecule has 0 N–H and O–H groups in total. The zero-order valence-corrected chi connectivity index (χ0v) is 16.5. The smallest absolute Gasteiger partial charge is 0.342 e. The van der Waals surface area contributed by atoms with Gasteiger partial charge in [0.25, 0.3) is 0 Å². The van der Waals surface area contributed by atoms with Gasteiger partial charge in [0.05, 0.1) is 6.26 Å². The van der Waals surface area contributed by atoms with E-state index in [0.29, 0.717) is 11.3 Å². The molecule has 0 unspecified atom stereocenters. The van der Waals surface area contributed by atoms with Crippen LogP contribution in [0.25, 0.3) is 22.1 Å². The number of furan rings is 1. The molecule has 0 fully saturated rings. The van der Waals surface area contributed by atoms with Gasteiger partial charge in [0, 0.05) is 21.7 Å². The average molecular weight is 419 g/mol. The highest BCUT2D eigenvalue weighted by Gasteiger charge is 2.26. The van der Waals surface area contributed by atoms with E-state index in [2.05, 4.69) is 15.9 Å². The molecule has 0 aliphatic heterocycles. The summed E-state index contributed by atoms with van der Waals surface area (Å²) >= 11 is 3.43. The zero-order valence-electron chi connectivity index (χ0n) is 14.9. The molecule has 3 nitrogen and oxygen atoms in total. The Kier molecular flexibility index (Phi) is 5.19. The van der Waals surface area contributed by atoms with Crippen molar-refractivity contribution in [1.29, 1.82) is 0 Å². The van der Waals surface area contributed by atoms with Crippen molar-refractivity contribution >= 4 is 32.7 Å². The van der Waals surface area contributed by atoms with Crippen LogP contribution >= 0.6 is 15.9 Å². The van der Waals surface area contributed by atoms with Gasteiger partial charge in [-0.3, -0.25) is 0 Å². The van der Waals surface area contributed by atoms with Crippen LogP contribution in [0.3, 0.4) is 0 Å². The molecule has 136 valence electrons. The maximum atomic E-state index is 14.5. The fraction of sp³-hybridized carbons (Fsp3) is 0.286. The minimum Gasteiger partial charge on any atom is -0.463 e. The third kappa shape index (κ3) is 3.83. The van der Waals surface area contributed by atoms with Gasteiger partial charge >= 0.3 is 5.97 Å². The second-order valence-electron chi connectivity index (χ2n) is 7.09. The van der Waals surface area contributed by atoms with Gasteiger partial charge in [-0.2, -0.15) is 0 Å². The number of carbonyl (C=O) groups is 1. The minimum absolute atomic E-state index is 0.108. The van der Waals surface area contributed by atoms with Crippen molar-refractivity contribution in [3.63, 3.8) is 0 Å². The number of alkyl halides is 1. The number of halogens is 2. The molecule has 0 aliphatic carbocycles. The van der Waals surface area contributed by atoms with Crippen LogP contribution in [-0.2, 0) is 11.2 Å². The minimum atomic E-state index is -0.716. The summed E-state index contributed by atoms with van der Waals surface area (Å²) in [6.07, 6.45) is 2.53. The Balaban J connectivity index is 2.11. The Labute approximate surface area is 160 Å². The van der Waals surface area contributed by atoms with E-state index in [1.54, 1.807) is 39.2 Å². The van der Waals surface area contributed by atoms with E-state index < -0.39 is 17.4 Å². The van der Waals surface area contributed by atoms with Crippen molar-refractivity contribution in [2.75, 3.05) is 5.33 Å². The molecule has 3 rings (SSSR count). The highest BCUT2D eigenvalue weighted by molar-refractivity contribution is 9.09. The maximum Gasteiger partial charge on any atom is 0.342 e. The average Bonchev–Trinajstić information content (AvgIpc) is 2.96. The number of aryl methyl sites for hydroxylation is 1. The topological polar surface area (TPSA) is 39.4 Å². The molecule has 3 aromatic rings. The molecule has 0 bridgehead atoms. The second kappa shape index (κ2) is 7.23. The predicted molar refractivity (Wildman–Crippen MR) is 104 cm³/mol. The van der Waals surface area contributed by atoms with E-state index in [1.807, 2.05) is 18.2 Å². The molecule has 0 saturated carbocycles. The van der Waals surface area contributed by atoms with Crippen LogP contribution in [0, 0.1) is 5.82 Å². The molecule has 5 heteroatoms. The molecule has 2 aromatic carbocycles. The SMILES string of the molecule is CC(C)(C)OC(=O)c1c(F)cccc1-c1occ2cc(CCBr)ccc12.